The molecule has 5 rings (SSSR count). The lowest BCUT2D eigenvalue weighted by Gasteiger charge is -1.96. The molecule has 0 spiro atoms. The van der Waals surface area contributed by atoms with Crippen molar-refractivity contribution in [3.05, 3.63) is 88.1 Å². The molecule has 0 radical (unpaired) electrons. The molecule has 2 aromatic heterocycles. The summed E-state index contributed by atoms with van der Waals surface area (Å²) in [6, 6.07) is 6.32. The van der Waals surface area contributed by atoms with E-state index in [0.717, 1.165) is 44.8 Å². The molecule has 0 saturated carbocycles. The first-order valence-electron chi connectivity index (χ1n) is 8.23. The second kappa shape index (κ2) is 5.31. The predicted octanol–water partition coefficient (Wildman–Crippen LogP) is 2.22. The zero-order chi connectivity index (χ0) is 16.8. The number of allylic oxidation sites excluding steroid dienone is 5. The van der Waals surface area contributed by atoms with Crippen molar-refractivity contribution in [2.24, 2.45) is 17.0 Å². The molecule has 0 atom stereocenters. The molecule has 4 heteroatoms. The largest absolute Gasteiger partial charge is 0.355 e. The summed E-state index contributed by atoms with van der Waals surface area (Å²) in [5.41, 5.74) is 6.00. The number of H-pyrrole nitrogens is 1. The zero-order valence-corrected chi connectivity index (χ0v) is 13.8. The van der Waals surface area contributed by atoms with Gasteiger partial charge in [0.1, 0.15) is 0 Å². The molecule has 3 aliphatic heterocycles. The van der Waals surface area contributed by atoms with Crippen LogP contribution in [0.15, 0.2) is 76.2 Å². The van der Waals surface area contributed by atoms with Crippen LogP contribution in [0.5, 0.6) is 0 Å². The highest BCUT2D eigenvalue weighted by molar-refractivity contribution is 6.19. The molecule has 0 fully saturated rings. The Hall–Kier alpha value is -3.40. The van der Waals surface area contributed by atoms with Gasteiger partial charge in [0, 0.05) is 29.6 Å². The Morgan fingerprint density at radius 1 is 0.800 bits per heavy atom. The van der Waals surface area contributed by atoms with Crippen molar-refractivity contribution in [1.29, 1.82) is 0 Å². The van der Waals surface area contributed by atoms with E-state index in [2.05, 4.69) is 69.2 Å². The van der Waals surface area contributed by atoms with Gasteiger partial charge < -0.3 is 9.55 Å². The highest BCUT2D eigenvalue weighted by atomic mass is 14.9. The van der Waals surface area contributed by atoms with E-state index in [9.17, 15) is 0 Å². The number of aromatic amines is 1. The van der Waals surface area contributed by atoms with E-state index >= 15 is 0 Å². The summed E-state index contributed by atoms with van der Waals surface area (Å²) < 4.78 is 2.11. The first kappa shape index (κ1) is 14.0. The van der Waals surface area contributed by atoms with Gasteiger partial charge in [-0.2, -0.15) is 0 Å². The van der Waals surface area contributed by atoms with E-state index in [1.807, 2.05) is 30.4 Å². The fourth-order valence-electron chi connectivity index (χ4n) is 3.18. The first-order chi connectivity index (χ1) is 12.2. The van der Waals surface area contributed by atoms with Crippen LogP contribution < -0.4 is 10.7 Å². The van der Waals surface area contributed by atoms with E-state index in [-0.39, 0.29) is 0 Å². The maximum absolute atomic E-state index is 4.67. The summed E-state index contributed by atoms with van der Waals surface area (Å²) in [6.45, 7) is 0. The van der Waals surface area contributed by atoms with Gasteiger partial charge >= 0.3 is 0 Å². The summed E-state index contributed by atoms with van der Waals surface area (Å²) in [5, 5.41) is 2.11. The Labute approximate surface area is 144 Å². The van der Waals surface area contributed by atoms with Gasteiger partial charge in [0.25, 0.3) is 0 Å². The first-order valence-corrected chi connectivity index (χ1v) is 8.23. The van der Waals surface area contributed by atoms with Crippen LogP contribution in [0.4, 0.5) is 0 Å². The highest BCUT2D eigenvalue weighted by Crippen LogP contribution is 2.18. The lowest BCUT2D eigenvalue weighted by molar-refractivity contribution is 0.913. The SMILES string of the molecule is Cn1cc2cc1C=C1C=CC(=N1)C=C1C=CC(=N1)C=c1ccc([nH]1)=C2. The minimum Gasteiger partial charge on any atom is -0.355 e. The number of aryl methyl sites for hydroxylation is 1. The van der Waals surface area contributed by atoms with Crippen molar-refractivity contribution >= 4 is 29.7 Å². The smallest absolute Gasteiger partial charge is 0.0659 e. The lowest BCUT2D eigenvalue weighted by atomic mass is 10.2. The van der Waals surface area contributed by atoms with Gasteiger partial charge in [0.05, 0.1) is 22.8 Å². The van der Waals surface area contributed by atoms with Crippen molar-refractivity contribution in [2.75, 3.05) is 0 Å². The van der Waals surface area contributed by atoms with Gasteiger partial charge in [-0.3, -0.25) is 0 Å². The molecule has 25 heavy (non-hydrogen) atoms. The number of fused-ring (bicyclic) bond motifs is 6. The Morgan fingerprint density at radius 2 is 1.48 bits per heavy atom. The summed E-state index contributed by atoms with van der Waals surface area (Å²) in [6.07, 6.45) is 18.5. The van der Waals surface area contributed by atoms with Crippen LogP contribution in [0, 0.1) is 0 Å². The molecular formula is C21H16N4. The van der Waals surface area contributed by atoms with Gasteiger partial charge in [-0.15, -0.1) is 0 Å². The van der Waals surface area contributed by atoms with Gasteiger partial charge in [0.2, 0.25) is 0 Å². The molecule has 4 nitrogen and oxygen atoms in total. The number of nitrogens with one attached hydrogen (secondary N) is 1. The van der Waals surface area contributed by atoms with E-state index in [1.165, 1.54) is 0 Å². The number of aliphatic imine (C=N–C) groups is 2. The van der Waals surface area contributed by atoms with Gasteiger partial charge in [-0.05, 0) is 72.4 Å². The van der Waals surface area contributed by atoms with Crippen LogP contribution in [0.2, 0.25) is 0 Å². The Kier molecular flexibility index (Phi) is 2.97. The molecule has 1 N–H and O–H groups in total. The molecule has 0 amide bonds. The molecule has 0 aliphatic carbocycles. The zero-order valence-electron chi connectivity index (χ0n) is 13.8. The van der Waals surface area contributed by atoms with Crippen molar-refractivity contribution in [2.45, 2.75) is 0 Å². The Bertz CT molecular complexity index is 1190. The van der Waals surface area contributed by atoms with Crippen LogP contribution in [0.1, 0.15) is 11.3 Å². The fraction of sp³-hybridized carbons (Fsp3) is 0.0476. The molecular weight excluding hydrogens is 308 g/mol. The molecule has 0 saturated heterocycles. The lowest BCUT2D eigenvalue weighted by Crippen LogP contribution is -2.10. The van der Waals surface area contributed by atoms with Crippen molar-refractivity contribution in [3.8, 4) is 0 Å². The van der Waals surface area contributed by atoms with E-state index in [1.54, 1.807) is 0 Å². The highest BCUT2D eigenvalue weighted by Gasteiger charge is 2.08. The molecule has 0 unspecified atom stereocenters. The van der Waals surface area contributed by atoms with Crippen molar-refractivity contribution in [1.82, 2.24) is 9.55 Å². The Balaban J connectivity index is 1.74. The molecule has 8 bridgehead atoms. The van der Waals surface area contributed by atoms with Crippen molar-refractivity contribution < 1.29 is 0 Å². The minimum atomic E-state index is 0.919. The summed E-state index contributed by atoms with van der Waals surface area (Å²) in [5.74, 6) is 0. The summed E-state index contributed by atoms with van der Waals surface area (Å²) in [7, 11) is 2.05. The van der Waals surface area contributed by atoms with Crippen LogP contribution in [-0.2, 0) is 7.05 Å². The third-order valence-corrected chi connectivity index (χ3v) is 4.38. The Morgan fingerprint density at radius 3 is 2.28 bits per heavy atom. The van der Waals surface area contributed by atoms with Crippen molar-refractivity contribution in [3.63, 3.8) is 0 Å². The minimum absolute atomic E-state index is 0.919. The second-order valence-electron chi connectivity index (χ2n) is 6.35. The van der Waals surface area contributed by atoms with Crippen LogP contribution >= 0.6 is 0 Å². The number of hydrogen-bond donors (Lipinski definition) is 1. The standard InChI is InChI=1S/C21H16N4/c1-25-13-14-8-15-2-3-16(22-15)10-17-4-5-18(23-17)11-19-6-7-20(24-19)12-21(25)9-14/h2-13,22H,1H3. The monoisotopic (exact) mass is 324 g/mol. The maximum atomic E-state index is 4.67. The predicted molar refractivity (Wildman–Crippen MR) is 103 cm³/mol. The maximum Gasteiger partial charge on any atom is 0.0659 e. The average Bonchev–Trinajstić information content (AvgIpc) is 3.33. The number of hydrogen-bond acceptors (Lipinski definition) is 2. The molecule has 0 aromatic carbocycles. The van der Waals surface area contributed by atoms with Gasteiger partial charge in [-0.1, -0.05) is 0 Å². The number of rotatable bonds is 0. The molecule has 3 aliphatic rings. The van der Waals surface area contributed by atoms with E-state index in [4.69, 9.17) is 0 Å². The van der Waals surface area contributed by atoms with E-state index in [0.29, 0.717) is 0 Å². The average molecular weight is 324 g/mol. The number of nitrogens with zero attached hydrogens (tertiary/aromatic N) is 3. The summed E-state index contributed by atoms with van der Waals surface area (Å²) >= 11 is 0. The number of aromatic nitrogens is 2. The second-order valence-corrected chi connectivity index (χ2v) is 6.35. The molecule has 5 heterocycles. The third-order valence-electron chi connectivity index (χ3n) is 4.38. The third kappa shape index (κ3) is 2.68. The van der Waals surface area contributed by atoms with E-state index < -0.39 is 0 Å². The fourth-order valence-corrected chi connectivity index (χ4v) is 3.18. The van der Waals surface area contributed by atoms with Crippen LogP contribution in [0.3, 0.4) is 0 Å². The molecule has 120 valence electrons. The topological polar surface area (TPSA) is 45.4 Å². The quantitative estimate of drug-likeness (QED) is 0.772. The van der Waals surface area contributed by atoms with Gasteiger partial charge in [0.15, 0.2) is 0 Å². The van der Waals surface area contributed by atoms with Crippen LogP contribution in [-0.4, -0.2) is 21.0 Å². The van der Waals surface area contributed by atoms with Gasteiger partial charge in [-0.25, -0.2) is 9.98 Å². The van der Waals surface area contributed by atoms with Crippen LogP contribution in [0.25, 0.3) is 18.2 Å². The molecule has 2 aromatic rings. The normalized spacial score (nSPS) is 17.5. The summed E-state index contributed by atoms with van der Waals surface area (Å²) in [4.78, 5) is 12.7.